The van der Waals surface area contributed by atoms with Crippen LogP contribution in [0.25, 0.3) is 0 Å². The van der Waals surface area contributed by atoms with Gasteiger partial charge in [-0.3, -0.25) is 4.79 Å². The molecule has 2 aromatic carbocycles. The number of methoxy groups -OCH3 is 2. The lowest BCUT2D eigenvalue weighted by Crippen LogP contribution is -2.26. The molecule has 0 saturated carbocycles. The van der Waals surface area contributed by atoms with E-state index in [9.17, 15) is 9.59 Å². The molecule has 0 saturated heterocycles. The van der Waals surface area contributed by atoms with Crippen molar-refractivity contribution in [3.63, 3.8) is 0 Å². The molecule has 130 valence electrons. The largest absolute Gasteiger partial charge is 0.496 e. The summed E-state index contributed by atoms with van der Waals surface area (Å²) in [7, 11) is 2.75. The molecule has 1 unspecified atom stereocenters. The van der Waals surface area contributed by atoms with E-state index in [1.807, 2.05) is 12.1 Å². The number of hydrogen-bond acceptors (Lipinski definition) is 5. The topological polar surface area (TPSA) is 61.8 Å². The second-order valence-electron chi connectivity index (χ2n) is 5.98. The van der Waals surface area contributed by atoms with E-state index in [2.05, 4.69) is 12.1 Å². The maximum atomic E-state index is 12.5. The number of benzene rings is 2. The van der Waals surface area contributed by atoms with Gasteiger partial charge in [0.25, 0.3) is 0 Å². The normalized spacial score (nSPS) is 15.8. The van der Waals surface area contributed by atoms with Crippen LogP contribution in [-0.2, 0) is 22.4 Å². The zero-order valence-corrected chi connectivity index (χ0v) is 14.3. The van der Waals surface area contributed by atoms with Gasteiger partial charge in [-0.25, -0.2) is 4.79 Å². The predicted molar refractivity (Wildman–Crippen MR) is 91.9 cm³/mol. The van der Waals surface area contributed by atoms with Gasteiger partial charge in [0.2, 0.25) is 0 Å². The first-order valence-corrected chi connectivity index (χ1v) is 8.17. The van der Waals surface area contributed by atoms with Gasteiger partial charge in [0.1, 0.15) is 17.1 Å². The molecule has 5 nitrogen and oxygen atoms in total. The van der Waals surface area contributed by atoms with E-state index >= 15 is 0 Å². The number of carbonyl (C=O) groups excluding carboxylic acids is 2. The number of ether oxygens (including phenoxy) is 3. The van der Waals surface area contributed by atoms with E-state index in [4.69, 9.17) is 14.2 Å². The molecular weight excluding hydrogens is 320 g/mol. The Balaban J connectivity index is 1.72. The van der Waals surface area contributed by atoms with Crippen LogP contribution in [0.15, 0.2) is 42.5 Å². The fourth-order valence-corrected chi connectivity index (χ4v) is 3.11. The van der Waals surface area contributed by atoms with Crippen molar-refractivity contribution in [1.29, 1.82) is 0 Å². The second kappa shape index (κ2) is 7.38. The van der Waals surface area contributed by atoms with E-state index in [0.717, 1.165) is 12.8 Å². The van der Waals surface area contributed by atoms with Crippen LogP contribution in [0.3, 0.4) is 0 Å². The van der Waals surface area contributed by atoms with Crippen molar-refractivity contribution in [2.75, 3.05) is 14.2 Å². The van der Waals surface area contributed by atoms with Crippen molar-refractivity contribution in [2.45, 2.75) is 19.3 Å². The Morgan fingerprint density at radius 2 is 1.80 bits per heavy atom. The summed E-state index contributed by atoms with van der Waals surface area (Å²) in [5.74, 6) is -0.262. The molecule has 2 aromatic rings. The van der Waals surface area contributed by atoms with Crippen molar-refractivity contribution in [2.24, 2.45) is 5.92 Å². The average Bonchev–Trinajstić information content (AvgIpc) is 2.66. The summed E-state index contributed by atoms with van der Waals surface area (Å²) in [4.78, 5) is 24.2. The van der Waals surface area contributed by atoms with Crippen molar-refractivity contribution >= 4 is 11.9 Å². The minimum Gasteiger partial charge on any atom is -0.496 e. The van der Waals surface area contributed by atoms with Crippen LogP contribution >= 0.6 is 0 Å². The van der Waals surface area contributed by atoms with Gasteiger partial charge in [0, 0.05) is 6.07 Å². The Morgan fingerprint density at radius 1 is 1.04 bits per heavy atom. The fourth-order valence-electron chi connectivity index (χ4n) is 3.11. The first kappa shape index (κ1) is 17.0. The minimum atomic E-state index is -0.501. The molecule has 1 aliphatic carbocycles. The Labute approximate surface area is 146 Å². The van der Waals surface area contributed by atoms with Crippen LogP contribution in [0, 0.1) is 5.92 Å². The molecule has 1 aliphatic rings. The van der Waals surface area contributed by atoms with Crippen LogP contribution in [0.2, 0.25) is 0 Å². The maximum Gasteiger partial charge on any atom is 0.341 e. The van der Waals surface area contributed by atoms with Crippen molar-refractivity contribution < 1.29 is 23.8 Å². The van der Waals surface area contributed by atoms with Crippen LogP contribution in [-0.4, -0.2) is 26.2 Å². The molecule has 3 rings (SSSR count). The van der Waals surface area contributed by atoms with Gasteiger partial charge in [0.05, 0.1) is 20.1 Å². The van der Waals surface area contributed by atoms with Gasteiger partial charge in [-0.05, 0) is 42.5 Å². The molecule has 0 bridgehead atoms. The smallest absolute Gasteiger partial charge is 0.341 e. The third kappa shape index (κ3) is 3.65. The number of esters is 2. The zero-order valence-electron chi connectivity index (χ0n) is 14.3. The van der Waals surface area contributed by atoms with E-state index in [-0.39, 0.29) is 17.5 Å². The third-order valence-corrected chi connectivity index (χ3v) is 4.48. The van der Waals surface area contributed by atoms with Crippen molar-refractivity contribution in [1.82, 2.24) is 0 Å². The summed E-state index contributed by atoms with van der Waals surface area (Å²) < 4.78 is 15.4. The van der Waals surface area contributed by atoms with E-state index < -0.39 is 5.97 Å². The third-order valence-electron chi connectivity index (χ3n) is 4.48. The number of aryl methyl sites for hydroxylation is 1. The minimum absolute atomic E-state index is 0.166. The predicted octanol–water partition coefficient (Wildman–Crippen LogP) is 3.19. The summed E-state index contributed by atoms with van der Waals surface area (Å²) in [5, 5.41) is 0. The molecule has 0 amide bonds. The van der Waals surface area contributed by atoms with E-state index in [1.54, 1.807) is 6.07 Å². The van der Waals surface area contributed by atoms with Crippen LogP contribution < -0.4 is 9.47 Å². The SMILES string of the molecule is COC(=O)c1ccc(OC(=O)C2CCc3ccccc3C2)cc1OC. The highest BCUT2D eigenvalue weighted by atomic mass is 16.5. The van der Waals surface area contributed by atoms with Gasteiger partial charge in [0.15, 0.2) is 0 Å². The molecule has 0 spiro atoms. The molecule has 5 heteroatoms. The Morgan fingerprint density at radius 3 is 2.52 bits per heavy atom. The average molecular weight is 340 g/mol. The highest BCUT2D eigenvalue weighted by Gasteiger charge is 2.26. The zero-order chi connectivity index (χ0) is 17.8. The van der Waals surface area contributed by atoms with Crippen molar-refractivity contribution in [3.05, 3.63) is 59.2 Å². The van der Waals surface area contributed by atoms with Gasteiger partial charge >= 0.3 is 11.9 Å². The summed E-state index contributed by atoms with van der Waals surface area (Å²) in [6, 6.07) is 12.8. The number of carbonyl (C=O) groups is 2. The van der Waals surface area contributed by atoms with Gasteiger partial charge in [-0.1, -0.05) is 24.3 Å². The maximum absolute atomic E-state index is 12.5. The molecule has 25 heavy (non-hydrogen) atoms. The lowest BCUT2D eigenvalue weighted by molar-refractivity contribution is -0.139. The molecule has 0 aromatic heterocycles. The quantitative estimate of drug-likeness (QED) is 0.632. The second-order valence-corrected chi connectivity index (χ2v) is 5.98. The number of fused-ring (bicyclic) bond motifs is 1. The highest BCUT2D eigenvalue weighted by Crippen LogP contribution is 2.29. The Bertz CT molecular complexity index is 796. The fraction of sp³-hybridized carbons (Fsp3) is 0.300. The number of rotatable bonds is 4. The lowest BCUT2D eigenvalue weighted by Gasteiger charge is -2.23. The van der Waals surface area contributed by atoms with Crippen molar-refractivity contribution in [3.8, 4) is 11.5 Å². The van der Waals surface area contributed by atoms with Gasteiger partial charge in [-0.2, -0.15) is 0 Å². The summed E-state index contributed by atoms with van der Waals surface area (Å²) in [5.41, 5.74) is 2.79. The molecule has 0 radical (unpaired) electrons. The molecule has 0 fully saturated rings. The van der Waals surface area contributed by atoms with Crippen LogP contribution in [0.5, 0.6) is 11.5 Å². The van der Waals surface area contributed by atoms with Crippen LogP contribution in [0.4, 0.5) is 0 Å². The summed E-state index contributed by atoms with van der Waals surface area (Å²) in [6.07, 6.45) is 2.33. The first-order chi connectivity index (χ1) is 12.1. The van der Waals surface area contributed by atoms with Crippen LogP contribution in [0.1, 0.15) is 27.9 Å². The molecule has 0 aliphatic heterocycles. The summed E-state index contributed by atoms with van der Waals surface area (Å²) >= 11 is 0. The Hall–Kier alpha value is -2.82. The first-order valence-electron chi connectivity index (χ1n) is 8.17. The van der Waals surface area contributed by atoms with E-state index in [0.29, 0.717) is 17.9 Å². The standard InChI is InChI=1S/C20H20O5/c1-23-18-12-16(9-10-17(18)20(22)24-2)25-19(21)15-8-7-13-5-3-4-6-14(13)11-15/h3-6,9-10,12,15H,7-8,11H2,1-2H3. The summed E-state index contributed by atoms with van der Waals surface area (Å²) in [6.45, 7) is 0. The van der Waals surface area contributed by atoms with E-state index in [1.165, 1.54) is 37.5 Å². The van der Waals surface area contributed by atoms with Gasteiger partial charge < -0.3 is 14.2 Å². The molecule has 1 atom stereocenters. The lowest BCUT2D eigenvalue weighted by atomic mass is 9.84. The number of hydrogen-bond donors (Lipinski definition) is 0. The molecule has 0 N–H and O–H groups in total. The molecule has 0 heterocycles. The monoisotopic (exact) mass is 340 g/mol. The molecular formula is C20H20O5. The Kier molecular flexibility index (Phi) is 5.03. The van der Waals surface area contributed by atoms with Gasteiger partial charge in [-0.15, -0.1) is 0 Å². The highest BCUT2D eigenvalue weighted by molar-refractivity contribution is 5.92.